The predicted octanol–water partition coefficient (Wildman–Crippen LogP) is 1.14. The number of sulfonamides is 1. The van der Waals surface area contributed by atoms with E-state index in [1.54, 1.807) is 0 Å². The summed E-state index contributed by atoms with van der Waals surface area (Å²) in [5.41, 5.74) is 0.317. The lowest BCUT2D eigenvalue weighted by atomic mass is 10.3. The molecular weight excluding hydrogens is 320 g/mol. The van der Waals surface area contributed by atoms with Crippen molar-refractivity contribution < 1.29 is 22.7 Å². The number of hydrogen-bond donors (Lipinski definition) is 2. The number of anilines is 1. The second kappa shape index (κ2) is 7.39. The number of methoxy groups -OCH3 is 1. The average molecular weight is 335 g/mol. The highest BCUT2D eigenvalue weighted by Crippen LogP contribution is 2.25. The number of esters is 1. The number of ether oxygens (including phenoxy) is 1. The smallest absolute Gasteiger partial charge is 0.306 e. The van der Waals surface area contributed by atoms with Crippen molar-refractivity contribution in [3.8, 4) is 0 Å². The van der Waals surface area contributed by atoms with Crippen LogP contribution in [0.25, 0.3) is 0 Å². The Morgan fingerprint density at radius 3 is 2.52 bits per heavy atom. The Balaban J connectivity index is 2.82. The molecule has 1 aromatic rings. The minimum absolute atomic E-state index is 0.0635. The Labute approximate surface area is 127 Å². The molecule has 0 saturated carbocycles. The Hall–Kier alpha value is -1.64. The summed E-state index contributed by atoms with van der Waals surface area (Å²) in [6, 6.07) is 3.91. The molecule has 0 atom stereocenters. The van der Waals surface area contributed by atoms with Gasteiger partial charge < -0.3 is 10.1 Å². The Bertz CT molecular complexity index is 645. The van der Waals surface area contributed by atoms with Crippen LogP contribution in [0.3, 0.4) is 0 Å². The van der Waals surface area contributed by atoms with Gasteiger partial charge in [0.2, 0.25) is 15.9 Å². The fourth-order valence-corrected chi connectivity index (χ4v) is 2.78. The number of nitrogens with one attached hydrogen (secondary N) is 2. The maximum Gasteiger partial charge on any atom is 0.306 e. The monoisotopic (exact) mass is 334 g/mol. The molecule has 0 aliphatic carbocycles. The number of halogens is 1. The first kappa shape index (κ1) is 17.4. The molecule has 1 amide bonds. The number of hydrogen-bond acceptors (Lipinski definition) is 5. The van der Waals surface area contributed by atoms with Crippen molar-refractivity contribution in [3.05, 3.63) is 23.2 Å². The molecule has 0 fully saturated rings. The summed E-state index contributed by atoms with van der Waals surface area (Å²) in [6.45, 7) is 1.23. The van der Waals surface area contributed by atoms with Gasteiger partial charge in [-0.2, -0.15) is 0 Å². The molecular formula is C12H15ClN2O5S. The van der Waals surface area contributed by atoms with Gasteiger partial charge in [0.15, 0.2) is 0 Å². The molecule has 1 rings (SSSR count). The summed E-state index contributed by atoms with van der Waals surface area (Å²) in [7, 11) is -2.57. The third-order valence-electron chi connectivity index (χ3n) is 2.41. The lowest BCUT2D eigenvalue weighted by Crippen LogP contribution is -2.26. The third kappa shape index (κ3) is 5.33. The molecule has 2 N–H and O–H groups in total. The molecule has 0 aliphatic rings. The van der Waals surface area contributed by atoms with Gasteiger partial charge in [-0.05, 0) is 18.2 Å². The molecule has 0 radical (unpaired) electrons. The van der Waals surface area contributed by atoms with Crippen molar-refractivity contribution in [2.24, 2.45) is 0 Å². The topological polar surface area (TPSA) is 102 Å². The van der Waals surface area contributed by atoms with E-state index in [-0.39, 0.29) is 28.8 Å². The number of amides is 1. The lowest BCUT2D eigenvalue weighted by molar-refractivity contribution is -0.140. The van der Waals surface area contributed by atoms with Crippen LogP contribution in [-0.2, 0) is 24.3 Å². The van der Waals surface area contributed by atoms with Crippen LogP contribution in [0.5, 0.6) is 0 Å². The molecule has 7 nitrogen and oxygen atoms in total. The number of benzene rings is 1. The van der Waals surface area contributed by atoms with Gasteiger partial charge in [-0.25, -0.2) is 13.1 Å². The number of rotatable bonds is 6. The highest BCUT2D eigenvalue weighted by molar-refractivity contribution is 7.89. The van der Waals surface area contributed by atoms with Crippen molar-refractivity contribution in [1.29, 1.82) is 0 Å². The summed E-state index contributed by atoms with van der Waals surface area (Å²) in [4.78, 5) is 21.8. The first-order chi connectivity index (χ1) is 9.76. The van der Waals surface area contributed by atoms with Crippen molar-refractivity contribution in [1.82, 2.24) is 4.72 Å². The predicted molar refractivity (Wildman–Crippen MR) is 77.6 cm³/mol. The second-order valence-electron chi connectivity index (χ2n) is 4.05. The van der Waals surface area contributed by atoms with Gasteiger partial charge in [-0.1, -0.05) is 11.6 Å². The standard InChI is InChI=1S/C12H15ClN2O5S/c1-8(16)15-11-4-3-9(7-10(11)13)21(18,19)14-6-5-12(17)20-2/h3-4,7,14H,5-6H2,1-2H3,(H,15,16). The van der Waals surface area contributed by atoms with Crippen LogP contribution in [0.15, 0.2) is 23.1 Å². The quantitative estimate of drug-likeness (QED) is 0.760. The fraction of sp³-hybridized carbons (Fsp3) is 0.333. The Morgan fingerprint density at radius 2 is 2.00 bits per heavy atom. The van der Waals surface area contributed by atoms with Gasteiger partial charge in [-0.3, -0.25) is 9.59 Å². The van der Waals surface area contributed by atoms with E-state index in [1.807, 2.05) is 0 Å². The Morgan fingerprint density at radius 1 is 1.33 bits per heavy atom. The van der Waals surface area contributed by atoms with E-state index in [4.69, 9.17) is 11.6 Å². The van der Waals surface area contributed by atoms with Gasteiger partial charge in [-0.15, -0.1) is 0 Å². The fourth-order valence-electron chi connectivity index (χ4n) is 1.43. The van der Waals surface area contributed by atoms with Crippen molar-refractivity contribution in [2.45, 2.75) is 18.2 Å². The SMILES string of the molecule is COC(=O)CCNS(=O)(=O)c1ccc(NC(C)=O)c(Cl)c1. The number of carbonyl (C=O) groups is 2. The third-order valence-corrected chi connectivity index (χ3v) is 4.18. The second-order valence-corrected chi connectivity index (χ2v) is 6.22. The summed E-state index contributed by atoms with van der Waals surface area (Å²) < 4.78 is 30.6. The highest BCUT2D eigenvalue weighted by Gasteiger charge is 2.16. The maximum atomic E-state index is 12.0. The van der Waals surface area contributed by atoms with E-state index in [0.29, 0.717) is 5.69 Å². The minimum atomic E-state index is -3.79. The summed E-state index contributed by atoms with van der Waals surface area (Å²) in [5.74, 6) is -0.833. The average Bonchev–Trinajstić information content (AvgIpc) is 2.40. The molecule has 0 aromatic heterocycles. The van der Waals surface area contributed by atoms with Crippen LogP contribution < -0.4 is 10.0 Å². The van der Waals surface area contributed by atoms with Crippen LogP contribution in [0.1, 0.15) is 13.3 Å². The van der Waals surface area contributed by atoms with E-state index in [1.165, 1.54) is 32.2 Å². The van der Waals surface area contributed by atoms with Gasteiger partial charge in [0.05, 0.1) is 29.1 Å². The zero-order chi connectivity index (χ0) is 16.0. The maximum absolute atomic E-state index is 12.0. The summed E-state index contributed by atoms with van der Waals surface area (Å²) in [6.07, 6.45) is -0.0760. The first-order valence-corrected chi connectivity index (χ1v) is 7.76. The molecule has 0 heterocycles. The van der Waals surface area contributed by atoms with E-state index >= 15 is 0 Å². The molecule has 1 aromatic carbocycles. The Kier molecular flexibility index (Phi) is 6.13. The van der Waals surface area contributed by atoms with Crippen LogP contribution in [0.2, 0.25) is 5.02 Å². The van der Waals surface area contributed by atoms with E-state index < -0.39 is 16.0 Å². The normalized spacial score (nSPS) is 11.0. The minimum Gasteiger partial charge on any atom is -0.469 e. The molecule has 21 heavy (non-hydrogen) atoms. The van der Waals surface area contributed by atoms with Gasteiger partial charge in [0.25, 0.3) is 0 Å². The van der Waals surface area contributed by atoms with Crippen molar-refractivity contribution in [3.63, 3.8) is 0 Å². The van der Waals surface area contributed by atoms with Gasteiger partial charge in [0, 0.05) is 13.5 Å². The molecule has 0 saturated heterocycles. The van der Waals surface area contributed by atoms with Gasteiger partial charge >= 0.3 is 5.97 Å². The van der Waals surface area contributed by atoms with E-state index in [9.17, 15) is 18.0 Å². The summed E-state index contributed by atoms with van der Waals surface area (Å²) >= 11 is 5.91. The summed E-state index contributed by atoms with van der Waals surface area (Å²) in [5, 5.41) is 2.57. The zero-order valence-corrected chi connectivity index (χ0v) is 13.0. The molecule has 0 aliphatic heterocycles. The zero-order valence-electron chi connectivity index (χ0n) is 11.5. The first-order valence-electron chi connectivity index (χ1n) is 5.90. The van der Waals surface area contributed by atoms with Crippen LogP contribution in [0.4, 0.5) is 5.69 Å². The molecule has 0 unspecified atom stereocenters. The molecule has 9 heteroatoms. The largest absolute Gasteiger partial charge is 0.469 e. The van der Waals surface area contributed by atoms with Crippen LogP contribution in [0, 0.1) is 0 Å². The van der Waals surface area contributed by atoms with Crippen LogP contribution >= 0.6 is 11.6 Å². The molecule has 0 spiro atoms. The highest BCUT2D eigenvalue weighted by atomic mass is 35.5. The lowest BCUT2D eigenvalue weighted by Gasteiger charge is -2.09. The van der Waals surface area contributed by atoms with Crippen molar-refractivity contribution in [2.75, 3.05) is 19.0 Å². The molecule has 0 bridgehead atoms. The number of carbonyl (C=O) groups excluding carboxylic acids is 2. The van der Waals surface area contributed by atoms with E-state index in [2.05, 4.69) is 14.8 Å². The van der Waals surface area contributed by atoms with E-state index in [0.717, 1.165) is 0 Å². The molecule has 116 valence electrons. The van der Waals surface area contributed by atoms with Gasteiger partial charge in [0.1, 0.15) is 0 Å². The van der Waals surface area contributed by atoms with Crippen molar-refractivity contribution >= 4 is 39.2 Å². The van der Waals surface area contributed by atoms with Crippen LogP contribution in [-0.4, -0.2) is 33.9 Å².